The summed E-state index contributed by atoms with van der Waals surface area (Å²) in [6, 6.07) is 10.4. The average Bonchev–Trinajstić information content (AvgIpc) is 3.35. The molecule has 4 aromatic rings. The molecule has 0 radical (unpaired) electrons. The molecule has 254 valence electrons. The van der Waals surface area contributed by atoms with E-state index in [2.05, 4.69) is 9.97 Å². The number of amides is 1. The van der Waals surface area contributed by atoms with Crippen LogP contribution in [0.4, 0.5) is 52.7 Å². The Labute approximate surface area is 253 Å². The molecule has 1 aromatic carbocycles. The second kappa shape index (κ2) is 14.4. The molecule has 0 spiro atoms. The first kappa shape index (κ1) is 37.8. The molecular weight excluding hydrogens is 676 g/mol. The second-order valence-corrected chi connectivity index (χ2v) is 8.59. The number of carbonyl (C=O) groups is 3. The largest absolute Gasteiger partial charge is 0.490 e. The molecule has 1 amide bonds. The molecule has 3 aromatic heterocycles. The van der Waals surface area contributed by atoms with Crippen LogP contribution in [-0.2, 0) is 15.8 Å². The van der Waals surface area contributed by atoms with Gasteiger partial charge in [-0.2, -0.15) is 52.7 Å². The summed E-state index contributed by atoms with van der Waals surface area (Å²) < 4.78 is 146. The van der Waals surface area contributed by atoms with Crippen LogP contribution in [0.3, 0.4) is 0 Å². The zero-order chi connectivity index (χ0) is 36.0. The lowest BCUT2D eigenvalue weighted by atomic mass is 10.1. The van der Waals surface area contributed by atoms with Gasteiger partial charge in [0.1, 0.15) is 5.82 Å². The second-order valence-electron chi connectivity index (χ2n) is 8.59. The minimum absolute atomic E-state index is 0.0453. The van der Waals surface area contributed by atoms with E-state index in [0.717, 1.165) is 18.3 Å². The van der Waals surface area contributed by atoms with Gasteiger partial charge in [0.2, 0.25) is 0 Å². The summed E-state index contributed by atoms with van der Waals surface area (Å²) in [5, 5.41) is 16.1. The smallest absolute Gasteiger partial charge is 0.475 e. The van der Waals surface area contributed by atoms with Crippen molar-refractivity contribution in [2.45, 2.75) is 30.7 Å². The molecule has 3 N–H and O–H groups in total. The first-order chi connectivity index (χ1) is 21.5. The van der Waals surface area contributed by atoms with Gasteiger partial charge in [-0.1, -0.05) is 30.3 Å². The third-order valence-corrected chi connectivity index (χ3v) is 5.31. The quantitative estimate of drug-likeness (QED) is 0.203. The zero-order valence-corrected chi connectivity index (χ0v) is 22.5. The monoisotopic (exact) mass is 692 g/mol. The molecule has 0 bridgehead atoms. The molecule has 0 fully saturated rings. The summed E-state index contributed by atoms with van der Waals surface area (Å²) in [5.74, 6) is -6.95. The van der Waals surface area contributed by atoms with Gasteiger partial charge in [0.15, 0.2) is 11.7 Å². The topological polar surface area (TPSA) is 134 Å². The molecule has 0 aliphatic heterocycles. The number of carboxylic acid groups (broad SMARTS) is 2. The lowest BCUT2D eigenvalue weighted by molar-refractivity contribution is -0.193. The van der Waals surface area contributed by atoms with Gasteiger partial charge >= 0.3 is 36.6 Å². The Balaban J connectivity index is 0.000000459. The van der Waals surface area contributed by atoms with E-state index in [1.807, 2.05) is 5.32 Å². The molecule has 0 saturated heterocycles. The summed E-state index contributed by atoms with van der Waals surface area (Å²) >= 11 is 0. The van der Waals surface area contributed by atoms with Crippen LogP contribution >= 0.6 is 0 Å². The number of alkyl halides is 12. The van der Waals surface area contributed by atoms with E-state index in [4.69, 9.17) is 19.8 Å². The van der Waals surface area contributed by atoms with E-state index in [1.54, 1.807) is 0 Å². The lowest BCUT2D eigenvalue weighted by Crippen LogP contribution is -2.38. The fourth-order valence-electron chi connectivity index (χ4n) is 3.39. The van der Waals surface area contributed by atoms with E-state index >= 15 is 0 Å². The maximum absolute atomic E-state index is 13.6. The number of pyridine rings is 2. The molecule has 0 aliphatic rings. The molecule has 3 heterocycles. The first-order valence-corrected chi connectivity index (χ1v) is 12.0. The Morgan fingerprint density at radius 2 is 1.23 bits per heavy atom. The van der Waals surface area contributed by atoms with Crippen LogP contribution in [-0.4, -0.2) is 61.0 Å². The lowest BCUT2D eigenvalue weighted by Gasteiger charge is -2.20. The van der Waals surface area contributed by atoms with Crippen molar-refractivity contribution in [3.63, 3.8) is 0 Å². The van der Waals surface area contributed by atoms with Gasteiger partial charge in [-0.15, -0.1) is 0 Å². The molecule has 21 heteroatoms. The van der Waals surface area contributed by atoms with E-state index in [-0.39, 0.29) is 16.9 Å². The number of hydrogen-bond donors (Lipinski definition) is 3. The highest BCUT2D eigenvalue weighted by Gasteiger charge is 2.44. The van der Waals surface area contributed by atoms with Gasteiger partial charge in [-0.3, -0.25) is 14.2 Å². The Bertz CT molecular complexity index is 1670. The summed E-state index contributed by atoms with van der Waals surface area (Å²) in [6.07, 6.45) is -17.2. The highest BCUT2D eigenvalue weighted by Crippen LogP contribution is 2.37. The van der Waals surface area contributed by atoms with Crippen molar-refractivity contribution < 1.29 is 77.3 Å². The van der Waals surface area contributed by atoms with E-state index < -0.39 is 65.5 Å². The number of benzene rings is 1. The minimum Gasteiger partial charge on any atom is -0.475 e. The summed E-state index contributed by atoms with van der Waals surface area (Å²) in [5.41, 5.74) is -2.15. The Morgan fingerprint density at radius 3 is 1.70 bits per heavy atom. The number of fused-ring (bicyclic) bond motifs is 1. The number of nitrogens with one attached hydrogen (secondary N) is 1. The number of nitrogens with zero attached hydrogens (tertiary/aromatic N) is 3. The number of aromatic nitrogens is 3. The minimum atomic E-state index is -5.08. The van der Waals surface area contributed by atoms with Gasteiger partial charge in [-0.05, 0) is 30.3 Å². The molecule has 9 nitrogen and oxygen atoms in total. The van der Waals surface area contributed by atoms with Crippen LogP contribution in [0.2, 0.25) is 0 Å². The normalized spacial score (nSPS) is 12.6. The SMILES string of the molecule is O=C(NC(c1ccccn1)C(F)(F)F)c1nc(-c2ccccc2C(F)(F)F)n2ccccc12.O=C(O)C(F)(F)F.O=C(O)C(F)(F)F. The fraction of sp³-hybridized carbons (Fsp3) is 0.192. The zero-order valence-electron chi connectivity index (χ0n) is 22.5. The number of carboxylic acids is 2. The molecule has 0 aliphatic carbocycles. The third kappa shape index (κ3) is 10.3. The van der Waals surface area contributed by atoms with E-state index in [1.165, 1.54) is 59.1 Å². The van der Waals surface area contributed by atoms with Crippen LogP contribution in [0.25, 0.3) is 16.9 Å². The third-order valence-electron chi connectivity index (χ3n) is 5.31. The van der Waals surface area contributed by atoms with Crippen LogP contribution in [0.5, 0.6) is 0 Å². The maximum atomic E-state index is 13.6. The number of imidazole rings is 1. The predicted octanol–water partition coefficient (Wildman–Crippen LogP) is 6.72. The van der Waals surface area contributed by atoms with E-state index in [9.17, 15) is 57.5 Å². The molecule has 1 atom stereocenters. The van der Waals surface area contributed by atoms with Crippen LogP contribution in [0.1, 0.15) is 27.8 Å². The standard InChI is InChI=1S/C22H14F6N4O.2C2HF3O2/c23-21(24,25)14-8-2-1-7-13(14)19-30-17(16-10-4-6-12-32(16)19)20(33)31-18(22(26,27)28)15-9-3-5-11-29-15;2*3-2(4,5)1(6)7/h1-12,18H,(H,31,33);2*(H,6,7). The van der Waals surface area contributed by atoms with Gasteiger partial charge in [0, 0.05) is 18.0 Å². The predicted molar refractivity (Wildman–Crippen MR) is 134 cm³/mol. The van der Waals surface area contributed by atoms with Crippen molar-refractivity contribution in [2.75, 3.05) is 0 Å². The number of aliphatic carboxylic acids is 2. The first-order valence-electron chi connectivity index (χ1n) is 12.0. The number of hydrogen-bond acceptors (Lipinski definition) is 5. The van der Waals surface area contributed by atoms with Gasteiger partial charge in [0.05, 0.1) is 16.8 Å². The summed E-state index contributed by atoms with van der Waals surface area (Å²) in [7, 11) is 0. The van der Waals surface area contributed by atoms with Gasteiger partial charge < -0.3 is 15.5 Å². The van der Waals surface area contributed by atoms with Crippen molar-refractivity contribution in [3.8, 4) is 11.4 Å². The fourth-order valence-corrected chi connectivity index (χ4v) is 3.39. The van der Waals surface area contributed by atoms with Crippen molar-refractivity contribution in [3.05, 3.63) is 90.0 Å². The molecule has 1 unspecified atom stereocenters. The summed E-state index contributed by atoms with van der Waals surface area (Å²) in [6.45, 7) is 0. The number of halogens is 12. The number of carbonyl (C=O) groups excluding carboxylic acids is 1. The molecular formula is C26H16F12N4O5. The Morgan fingerprint density at radius 1 is 0.723 bits per heavy atom. The van der Waals surface area contributed by atoms with E-state index in [0.29, 0.717) is 0 Å². The summed E-state index contributed by atoms with van der Waals surface area (Å²) in [4.78, 5) is 38.4. The van der Waals surface area contributed by atoms with Crippen LogP contribution in [0, 0.1) is 0 Å². The van der Waals surface area contributed by atoms with Crippen molar-refractivity contribution >= 4 is 23.4 Å². The van der Waals surface area contributed by atoms with Crippen LogP contribution in [0.15, 0.2) is 73.1 Å². The number of rotatable bonds is 4. The molecule has 4 rings (SSSR count). The Hall–Kier alpha value is -5.37. The molecule has 47 heavy (non-hydrogen) atoms. The van der Waals surface area contributed by atoms with Crippen LogP contribution < -0.4 is 5.32 Å². The Kier molecular flexibility index (Phi) is 11.6. The van der Waals surface area contributed by atoms with Crippen molar-refractivity contribution in [1.29, 1.82) is 0 Å². The highest BCUT2D eigenvalue weighted by molar-refractivity contribution is 6.00. The van der Waals surface area contributed by atoms with Crippen molar-refractivity contribution in [1.82, 2.24) is 19.7 Å². The van der Waals surface area contributed by atoms with Gasteiger partial charge in [-0.25, -0.2) is 14.6 Å². The maximum Gasteiger partial charge on any atom is 0.490 e. The van der Waals surface area contributed by atoms with Gasteiger partial charge in [0.25, 0.3) is 5.91 Å². The highest BCUT2D eigenvalue weighted by atomic mass is 19.4. The molecule has 0 saturated carbocycles. The average molecular weight is 692 g/mol. The van der Waals surface area contributed by atoms with Crippen molar-refractivity contribution in [2.24, 2.45) is 0 Å².